The quantitative estimate of drug-likeness (QED) is 0.731. The second-order valence-electron chi connectivity index (χ2n) is 5.10. The molecule has 2 aromatic rings. The molecule has 2 rings (SSSR count). The standard InChI is InChI=1S/C15H13Cl2F3N2O3S/c16-12-6-1-9(7-13(12)17)14(8-21)22-26(23,24)11-4-2-10(3-5-11)25-15(18,19)20/h1-7,14,22H,8,21H2. The average Bonchev–Trinajstić information content (AvgIpc) is 2.54. The lowest BCUT2D eigenvalue weighted by molar-refractivity contribution is -0.274. The number of alkyl halides is 3. The molecule has 2 aromatic carbocycles. The zero-order valence-corrected chi connectivity index (χ0v) is 15.3. The number of rotatable bonds is 6. The Balaban J connectivity index is 2.21. The van der Waals surface area contributed by atoms with Gasteiger partial charge in [0.1, 0.15) is 5.75 Å². The first-order valence-electron chi connectivity index (χ1n) is 7.05. The summed E-state index contributed by atoms with van der Waals surface area (Å²) in [7, 11) is -4.05. The van der Waals surface area contributed by atoms with Crippen LogP contribution in [0.5, 0.6) is 5.75 Å². The van der Waals surface area contributed by atoms with Crippen LogP contribution in [-0.4, -0.2) is 21.3 Å². The Morgan fingerprint density at radius 2 is 1.69 bits per heavy atom. The van der Waals surface area contributed by atoms with E-state index in [1.54, 1.807) is 6.07 Å². The average molecular weight is 429 g/mol. The molecular formula is C15H13Cl2F3N2O3S. The van der Waals surface area contributed by atoms with Crippen molar-refractivity contribution in [3.05, 3.63) is 58.1 Å². The van der Waals surface area contributed by atoms with Crippen LogP contribution in [0, 0.1) is 0 Å². The summed E-state index contributed by atoms with van der Waals surface area (Å²) in [5.74, 6) is -0.531. The first kappa shape index (κ1) is 20.8. The van der Waals surface area contributed by atoms with Gasteiger partial charge < -0.3 is 10.5 Å². The molecule has 0 aromatic heterocycles. The Hall–Kier alpha value is -1.52. The van der Waals surface area contributed by atoms with E-state index in [4.69, 9.17) is 28.9 Å². The highest BCUT2D eigenvalue weighted by atomic mass is 35.5. The van der Waals surface area contributed by atoms with Crippen molar-refractivity contribution in [2.24, 2.45) is 5.73 Å². The van der Waals surface area contributed by atoms with Crippen LogP contribution >= 0.6 is 23.2 Å². The van der Waals surface area contributed by atoms with Crippen LogP contribution in [0.15, 0.2) is 47.4 Å². The van der Waals surface area contributed by atoms with E-state index in [1.807, 2.05) is 0 Å². The molecule has 0 saturated carbocycles. The smallest absolute Gasteiger partial charge is 0.406 e. The number of ether oxygens (including phenoxy) is 1. The summed E-state index contributed by atoms with van der Waals surface area (Å²) < 4.78 is 67.4. The third kappa shape index (κ3) is 5.49. The lowest BCUT2D eigenvalue weighted by atomic mass is 10.1. The molecule has 0 amide bonds. The molecular weight excluding hydrogens is 416 g/mol. The van der Waals surface area contributed by atoms with Gasteiger partial charge in [0.15, 0.2) is 0 Å². The number of hydrogen-bond acceptors (Lipinski definition) is 4. The van der Waals surface area contributed by atoms with Gasteiger partial charge in [-0.2, -0.15) is 0 Å². The third-order valence-corrected chi connectivity index (χ3v) is 5.47. The normalized spacial score (nSPS) is 13.5. The van der Waals surface area contributed by atoms with Gasteiger partial charge in [0, 0.05) is 6.54 Å². The Morgan fingerprint density at radius 1 is 1.08 bits per heavy atom. The van der Waals surface area contributed by atoms with Crippen molar-refractivity contribution in [3.8, 4) is 5.75 Å². The lowest BCUT2D eigenvalue weighted by Gasteiger charge is -2.18. The summed E-state index contributed by atoms with van der Waals surface area (Å²) in [5, 5.41) is 0.532. The Labute approximate surface area is 157 Å². The summed E-state index contributed by atoms with van der Waals surface area (Å²) in [6.07, 6.45) is -4.86. The summed E-state index contributed by atoms with van der Waals surface area (Å²) in [4.78, 5) is -0.245. The van der Waals surface area contributed by atoms with E-state index in [0.717, 1.165) is 24.3 Å². The van der Waals surface area contributed by atoms with Crippen molar-refractivity contribution >= 4 is 33.2 Å². The fourth-order valence-electron chi connectivity index (χ4n) is 2.06. The zero-order valence-electron chi connectivity index (χ0n) is 12.9. The molecule has 0 saturated heterocycles. The van der Waals surface area contributed by atoms with E-state index < -0.39 is 28.2 Å². The van der Waals surface area contributed by atoms with E-state index in [2.05, 4.69) is 9.46 Å². The lowest BCUT2D eigenvalue weighted by Crippen LogP contribution is -2.33. The molecule has 0 fully saturated rings. The molecule has 5 nitrogen and oxygen atoms in total. The molecule has 0 aliphatic rings. The summed E-state index contributed by atoms with van der Waals surface area (Å²) in [5.41, 5.74) is 6.11. The minimum absolute atomic E-state index is 0.0769. The van der Waals surface area contributed by atoms with Crippen LogP contribution in [0.1, 0.15) is 11.6 Å². The van der Waals surface area contributed by atoms with Gasteiger partial charge in [0.25, 0.3) is 0 Å². The van der Waals surface area contributed by atoms with Crippen molar-refractivity contribution in [2.45, 2.75) is 17.3 Å². The van der Waals surface area contributed by atoms with Gasteiger partial charge in [-0.25, -0.2) is 13.1 Å². The molecule has 0 bridgehead atoms. The maximum absolute atomic E-state index is 12.4. The fraction of sp³-hybridized carbons (Fsp3) is 0.200. The minimum atomic E-state index is -4.86. The molecule has 1 unspecified atom stereocenters. The van der Waals surface area contributed by atoms with Gasteiger partial charge in [0.05, 0.1) is 21.0 Å². The monoisotopic (exact) mass is 428 g/mol. The fourth-order valence-corrected chi connectivity index (χ4v) is 3.60. The van der Waals surface area contributed by atoms with Gasteiger partial charge in [-0.15, -0.1) is 13.2 Å². The Kier molecular flexibility index (Phi) is 6.41. The first-order valence-corrected chi connectivity index (χ1v) is 9.29. The van der Waals surface area contributed by atoms with E-state index >= 15 is 0 Å². The first-order chi connectivity index (χ1) is 12.0. The largest absolute Gasteiger partial charge is 0.573 e. The molecule has 0 aliphatic carbocycles. The summed E-state index contributed by atoms with van der Waals surface area (Å²) in [6.45, 7) is -0.0769. The van der Waals surface area contributed by atoms with Crippen molar-refractivity contribution in [2.75, 3.05) is 6.54 Å². The van der Waals surface area contributed by atoms with Crippen LogP contribution in [0.2, 0.25) is 10.0 Å². The van der Waals surface area contributed by atoms with Gasteiger partial charge in [0.2, 0.25) is 10.0 Å². The van der Waals surface area contributed by atoms with Gasteiger partial charge in [-0.05, 0) is 42.0 Å². The number of halogens is 5. The SMILES string of the molecule is NCC(NS(=O)(=O)c1ccc(OC(F)(F)F)cc1)c1ccc(Cl)c(Cl)c1. The maximum atomic E-state index is 12.4. The van der Waals surface area contributed by atoms with Crippen molar-refractivity contribution in [3.63, 3.8) is 0 Å². The predicted octanol–water partition coefficient (Wildman–Crippen LogP) is 3.87. The van der Waals surface area contributed by atoms with Crippen LogP contribution in [0.25, 0.3) is 0 Å². The van der Waals surface area contributed by atoms with E-state index in [-0.39, 0.29) is 16.5 Å². The van der Waals surface area contributed by atoms with E-state index in [1.165, 1.54) is 12.1 Å². The molecule has 0 radical (unpaired) electrons. The number of benzene rings is 2. The molecule has 0 spiro atoms. The predicted molar refractivity (Wildman–Crippen MR) is 91.7 cm³/mol. The highest BCUT2D eigenvalue weighted by molar-refractivity contribution is 7.89. The second-order valence-corrected chi connectivity index (χ2v) is 7.63. The van der Waals surface area contributed by atoms with Crippen LogP contribution in [-0.2, 0) is 10.0 Å². The van der Waals surface area contributed by atoms with Crippen molar-refractivity contribution in [1.82, 2.24) is 4.72 Å². The van der Waals surface area contributed by atoms with Crippen molar-refractivity contribution < 1.29 is 26.3 Å². The van der Waals surface area contributed by atoms with Gasteiger partial charge >= 0.3 is 6.36 Å². The number of sulfonamides is 1. The molecule has 142 valence electrons. The Morgan fingerprint density at radius 3 is 2.19 bits per heavy atom. The minimum Gasteiger partial charge on any atom is -0.406 e. The molecule has 26 heavy (non-hydrogen) atoms. The zero-order chi connectivity index (χ0) is 19.5. The molecule has 0 heterocycles. The molecule has 0 aliphatic heterocycles. The Bertz CT molecular complexity index is 875. The van der Waals surface area contributed by atoms with Gasteiger partial charge in [-0.1, -0.05) is 29.3 Å². The summed E-state index contributed by atoms with van der Waals surface area (Å²) >= 11 is 11.7. The number of nitrogens with two attached hydrogens (primary N) is 1. The van der Waals surface area contributed by atoms with Crippen LogP contribution in [0.3, 0.4) is 0 Å². The van der Waals surface area contributed by atoms with E-state index in [9.17, 15) is 21.6 Å². The summed E-state index contributed by atoms with van der Waals surface area (Å²) in [6, 6.07) is 7.52. The molecule has 11 heteroatoms. The van der Waals surface area contributed by atoms with Gasteiger partial charge in [-0.3, -0.25) is 0 Å². The number of hydrogen-bond donors (Lipinski definition) is 2. The highest BCUT2D eigenvalue weighted by Crippen LogP contribution is 2.27. The van der Waals surface area contributed by atoms with Crippen LogP contribution in [0.4, 0.5) is 13.2 Å². The topological polar surface area (TPSA) is 81.4 Å². The van der Waals surface area contributed by atoms with E-state index in [0.29, 0.717) is 10.6 Å². The van der Waals surface area contributed by atoms with Crippen LogP contribution < -0.4 is 15.2 Å². The second kappa shape index (κ2) is 8.01. The van der Waals surface area contributed by atoms with Crippen molar-refractivity contribution in [1.29, 1.82) is 0 Å². The molecule has 1 atom stereocenters. The highest BCUT2D eigenvalue weighted by Gasteiger charge is 2.31. The third-order valence-electron chi connectivity index (χ3n) is 3.25. The maximum Gasteiger partial charge on any atom is 0.573 e. The molecule has 3 N–H and O–H groups in total. The number of nitrogens with one attached hydrogen (secondary N) is 1.